The van der Waals surface area contributed by atoms with Gasteiger partial charge < -0.3 is 9.63 Å². The molecule has 33 heavy (non-hydrogen) atoms. The summed E-state index contributed by atoms with van der Waals surface area (Å²) < 4.78 is 5.41. The Morgan fingerprint density at radius 2 is 1.91 bits per heavy atom. The van der Waals surface area contributed by atoms with Crippen molar-refractivity contribution in [3.05, 3.63) is 62.7 Å². The zero-order valence-electron chi connectivity index (χ0n) is 18.6. The predicted octanol–water partition coefficient (Wildman–Crippen LogP) is 5.01. The number of nitro groups is 1. The normalized spacial score (nSPS) is 20.6. The van der Waals surface area contributed by atoms with Crippen LogP contribution in [0.5, 0.6) is 0 Å². The van der Waals surface area contributed by atoms with Gasteiger partial charge in [-0.3, -0.25) is 24.7 Å². The minimum atomic E-state index is -0.493. The molecule has 0 saturated heterocycles. The topological polar surface area (TPSA) is 136 Å². The van der Waals surface area contributed by atoms with E-state index in [2.05, 4.69) is 10.1 Å². The van der Waals surface area contributed by atoms with Crippen LogP contribution in [-0.2, 0) is 17.6 Å². The van der Waals surface area contributed by atoms with Gasteiger partial charge in [-0.25, -0.2) is 0 Å². The third kappa shape index (κ3) is 4.76. The monoisotopic (exact) mass is 451 g/mol. The van der Waals surface area contributed by atoms with Gasteiger partial charge in [0.2, 0.25) is 0 Å². The summed E-state index contributed by atoms with van der Waals surface area (Å²) in [5, 5.41) is 25.7. The van der Waals surface area contributed by atoms with Crippen molar-refractivity contribution < 1.29 is 24.1 Å². The third-order valence-electron chi connectivity index (χ3n) is 5.99. The summed E-state index contributed by atoms with van der Waals surface area (Å²) in [6, 6.07) is 5.71. The molecule has 172 valence electrons. The number of allylic oxidation sites excluding steroid dienone is 2. The summed E-state index contributed by atoms with van der Waals surface area (Å²) in [5.41, 5.74) is 1.88. The fraction of sp³-hybridized carbons (Fsp3) is 0.417. The molecule has 0 atom stereocenters. The van der Waals surface area contributed by atoms with Crippen molar-refractivity contribution in [2.75, 3.05) is 0 Å². The number of non-ortho nitro benzene ring substituents is 1. The summed E-state index contributed by atoms with van der Waals surface area (Å²) in [6.07, 6.45) is 2.85. The highest BCUT2D eigenvalue weighted by Crippen LogP contribution is 2.36. The summed E-state index contributed by atoms with van der Waals surface area (Å²) in [6.45, 7) is 4.01. The minimum absolute atomic E-state index is 0.0150. The predicted molar refractivity (Wildman–Crippen MR) is 120 cm³/mol. The van der Waals surface area contributed by atoms with Crippen LogP contribution >= 0.6 is 0 Å². The number of aliphatic hydroxyl groups excluding tert-OH is 1. The second kappa shape index (κ2) is 8.73. The Balaban J connectivity index is 1.58. The summed E-state index contributed by atoms with van der Waals surface area (Å²) in [7, 11) is 0. The standard InChI is InChI=1S/C24H25N3O6/c1-24(2)12-20(30)23-17(26-33-21(23)13-24)10-11-19(29)22-16(4-3-5-18(22)28)25-14-6-8-15(9-7-14)27(31)32/h6-9,29H,3-5,10-13H2,1-2H3. The first-order valence-electron chi connectivity index (χ1n) is 10.9. The highest BCUT2D eigenvalue weighted by molar-refractivity contribution is 6.24. The zero-order valence-corrected chi connectivity index (χ0v) is 18.6. The van der Waals surface area contributed by atoms with Gasteiger partial charge in [0.25, 0.3) is 5.69 Å². The number of aliphatic imine (C=N–C) groups is 1. The molecule has 2 aromatic rings. The van der Waals surface area contributed by atoms with Gasteiger partial charge in [-0.1, -0.05) is 19.0 Å². The number of carbonyl (C=O) groups excluding carboxylic acids is 2. The summed E-state index contributed by atoms with van der Waals surface area (Å²) >= 11 is 0. The van der Waals surface area contributed by atoms with E-state index in [1.54, 1.807) is 0 Å². The molecule has 9 nitrogen and oxygen atoms in total. The van der Waals surface area contributed by atoms with Crippen LogP contribution in [0.4, 0.5) is 11.4 Å². The van der Waals surface area contributed by atoms with Crippen molar-refractivity contribution >= 4 is 28.7 Å². The van der Waals surface area contributed by atoms with Crippen LogP contribution in [0.1, 0.15) is 67.8 Å². The van der Waals surface area contributed by atoms with Crippen LogP contribution in [-0.4, -0.2) is 32.5 Å². The van der Waals surface area contributed by atoms with Crippen LogP contribution in [0.3, 0.4) is 0 Å². The Kier molecular flexibility index (Phi) is 5.97. The van der Waals surface area contributed by atoms with E-state index in [1.165, 1.54) is 24.3 Å². The van der Waals surface area contributed by atoms with E-state index in [9.17, 15) is 24.8 Å². The lowest BCUT2D eigenvalue weighted by molar-refractivity contribution is -0.384. The maximum atomic E-state index is 12.6. The largest absolute Gasteiger partial charge is 0.511 e. The number of nitro benzene ring substituents is 1. The Labute approximate surface area is 190 Å². The number of aliphatic hydroxyl groups is 1. The van der Waals surface area contributed by atoms with E-state index in [0.717, 1.165) is 0 Å². The number of ketones is 2. The third-order valence-corrected chi connectivity index (χ3v) is 5.99. The Morgan fingerprint density at radius 1 is 1.18 bits per heavy atom. The summed E-state index contributed by atoms with van der Waals surface area (Å²) in [4.78, 5) is 40.1. The van der Waals surface area contributed by atoms with Gasteiger partial charge >= 0.3 is 0 Å². The van der Waals surface area contributed by atoms with Crippen molar-refractivity contribution in [3.8, 4) is 0 Å². The van der Waals surface area contributed by atoms with Gasteiger partial charge in [-0.05, 0) is 30.4 Å². The Bertz CT molecular complexity index is 1190. The lowest BCUT2D eigenvalue weighted by Crippen LogP contribution is -2.26. The SMILES string of the molecule is CC1(C)CC(=O)c2c(CCC(O)=C3C(=O)CCCC3=Nc3ccc([N+](=O)[O-])cc3)noc2C1. The first-order valence-corrected chi connectivity index (χ1v) is 10.9. The number of benzene rings is 1. The lowest BCUT2D eigenvalue weighted by atomic mass is 9.76. The van der Waals surface area contributed by atoms with E-state index >= 15 is 0 Å². The Morgan fingerprint density at radius 3 is 2.61 bits per heavy atom. The van der Waals surface area contributed by atoms with Crippen LogP contribution < -0.4 is 0 Å². The second-order valence-corrected chi connectivity index (χ2v) is 9.30. The molecule has 2 aliphatic carbocycles. The van der Waals surface area contributed by atoms with Crippen molar-refractivity contribution in [3.63, 3.8) is 0 Å². The molecule has 1 aromatic heterocycles. The van der Waals surface area contributed by atoms with Crippen molar-refractivity contribution in [2.24, 2.45) is 10.4 Å². The van der Waals surface area contributed by atoms with Crippen molar-refractivity contribution in [2.45, 2.75) is 58.8 Å². The average molecular weight is 451 g/mol. The van der Waals surface area contributed by atoms with E-state index < -0.39 is 4.92 Å². The summed E-state index contributed by atoms with van der Waals surface area (Å²) in [5.74, 6) is 0.270. The number of rotatable bonds is 5. The molecule has 1 fully saturated rings. The molecular formula is C24H25N3O6. The maximum absolute atomic E-state index is 12.6. The van der Waals surface area contributed by atoms with Crippen LogP contribution in [0, 0.1) is 15.5 Å². The maximum Gasteiger partial charge on any atom is 0.269 e. The van der Waals surface area contributed by atoms with Crippen LogP contribution in [0.15, 0.2) is 45.1 Å². The van der Waals surface area contributed by atoms with E-state index in [4.69, 9.17) is 4.52 Å². The van der Waals surface area contributed by atoms with Crippen molar-refractivity contribution in [1.29, 1.82) is 0 Å². The molecule has 0 radical (unpaired) electrons. The molecule has 0 bridgehead atoms. The highest BCUT2D eigenvalue weighted by atomic mass is 16.6. The number of aromatic nitrogens is 1. The minimum Gasteiger partial charge on any atom is -0.511 e. The lowest BCUT2D eigenvalue weighted by Gasteiger charge is -2.26. The fourth-order valence-electron chi connectivity index (χ4n) is 4.42. The molecule has 4 rings (SSSR count). The second-order valence-electron chi connectivity index (χ2n) is 9.30. The smallest absolute Gasteiger partial charge is 0.269 e. The van der Waals surface area contributed by atoms with E-state index in [0.29, 0.717) is 60.5 Å². The first kappa shape index (κ1) is 22.6. The number of Topliss-reactive ketones (excluding diaryl/α,β-unsaturated/α-hetero) is 2. The van der Waals surface area contributed by atoms with Crippen LogP contribution in [0.2, 0.25) is 0 Å². The Hall–Kier alpha value is -3.62. The number of carbonyl (C=O) groups is 2. The first-order chi connectivity index (χ1) is 15.6. The number of hydrogen-bond acceptors (Lipinski definition) is 8. The quantitative estimate of drug-likeness (QED) is 0.292. The molecule has 0 aliphatic heterocycles. The molecule has 2 aliphatic rings. The van der Waals surface area contributed by atoms with Crippen LogP contribution in [0.25, 0.3) is 0 Å². The van der Waals surface area contributed by atoms with Gasteiger partial charge in [0.15, 0.2) is 11.6 Å². The molecule has 1 aromatic carbocycles. The molecule has 1 saturated carbocycles. The molecule has 0 spiro atoms. The highest BCUT2D eigenvalue weighted by Gasteiger charge is 2.36. The van der Waals surface area contributed by atoms with Gasteiger partial charge in [0, 0.05) is 44.2 Å². The van der Waals surface area contributed by atoms with Gasteiger partial charge in [-0.2, -0.15) is 0 Å². The van der Waals surface area contributed by atoms with Gasteiger partial charge in [0.05, 0.1) is 33.2 Å². The van der Waals surface area contributed by atoms with Gasteiger partial charge in [-0.15, -0.1) is 0 Å². The number of hydrogen-bond donors (Lipinski definition) is 1. The fourth-order valence-corrected chi connectivity index (χ4v) is 4.42. The molecule has 0 unspecified atom stereocenters. The zero-order chi connectivity index (χ0) is 23.8. The molecule has 9 heteroatoms. The van der Waals surface area contributed by atoms with Crippen molar-refractivity contribution in [1.82, 2.24) is 5.16 Å². The number of fused-ring (bicyclic) bond motifs is 1. The van der Waals surface area contributed by atoms with E-state index in [1.807, 2.05) is 13.8 Å². The van der Waals surface area contributed by atoms with E-state index in [-0.39, 0.29) is 46.8 Å². The number of aryl methyl sites for hydroxylation is 1. The molecule has 1 N–H and O–H groups in total. The number of nitrogens with zero attached hydrogens (tertiary/aromatic N) is 3. The average Bonchev–Trinajstić information content (AvgIpc) is 3.14. The molecule has 1 heterocycles. The molecule has 0 amide bonds. The molecular weight excluding hydrogens is 426 g/mol. The van der Waals surface area contributed by atoms with Gasteiger partial charge in [0.1, 0.15) is 11.5 Å².